The Morgan fingerprint density at radius 1 is 1.20 bits per heavy atom. The van der Waals surface area contributed by atoms with E-state index >= 15 is 0 Å². The molecule has 1 heterocycles. The van der Waals surface area contributed by atoms with Gasteiger partial charge in [0.05, 0.1) is 0 Å². The predicted octanol–water partition coefficient (Wildman–Crippen LogP) is 1.36. The van der Waals surface area contributed by atoms with Gasteiger partial charge in [0.25, 0.3) is 0 Å². The Balaban J connectivity index is 2.20. The van der Waals surface area contributed by atoms with Gasteiger partial charge < -0.3 is 4.90 Å². The van der Waals surface area contributed by atoms with Crippen molar-refractivity contribution >= 4 is 0 Å². The zero-order valence-electron chi connectivity index (χ0n) is 11.0. The van der Waals surface area contributed by atoms with E-state index in [0.29, 0.717) is 0 Å². The zero-order chi connectivity index (χ0) is 11.5. The van der Waals surface area contributed by atoms with Crippen molar-refractivity contribution in [2.24, 2.45) is 0 Å². The summed E-state index contributed by atoms with van der Waals surface area (Å²) in [6, 6.07) is 0.788. The monoisotopic (exact) mass is 213 g/mol. The van der Waals surface area contributed by atoms with Crippen molar-refractivity contribution in [1.82, 2.24) is 15.1 Å². The number of nitrogens with zero attached hydrogens (tertiary/aromatic N) is 2. The Morgan fingerprint density at radius 2 is 1.73 bits per heavy atom. The van der Waals surface area contributed by atoms with E-state index < -0.39 is 0 Å². The number of nitrogens with one attached hydrogen (secondary N) is 1. The first-order chi connectivity index (χ1) is 6.88. The molecule has 0 unspecified atom stereocenters. The maximum Gasteiger partial charge on any atom is 0.0484 e. The van der Waals surface area contributed by atoms with Crippen LogP contribution in [0.15, 0.2) is 0 Å². The molecule has 1 N–H and O–H groups in total. The number of piperidine rings is 1. The van der Waals surface area contributed by atoms with Crippen LogP contribution in [0.1, 0.15) is 33.6 Å². The van der Waals surface area contributed by atoms with Gasteiger partial charge in [-0.2, -0.15) is 0 Å². The van der Waals surface area contributed by atoms with E-state index in [1.807, 2.05) is 0 Å². The summed E-state index contributed by atoms with van der Waals surface area (Å²) in [6.07, 6.45) is 2.61. The molecule has 1 fully saturated rings. The molecule has 0 saturated carbocycles. The molecule has 15 heavy (non-hydrogen) atoms. The topological polar surface area (TPSA) is 18.5 Å². The second-order valence-electron chi connectivity index (χ2n) is 5.90. The van der Waals surface area contributed by atoms with Crippen LogP contribution in [0.4, 0.5) is 0 Å². The fourth-order valence-electron chi connectivity index (χ4n) is 1.94. The van der Waals surface area contributed by atoms with Gasteiger partial charge in [0.2, 0.25) is 0 Å². The van der Waals surface area contributed by atoms with Crippen LogP contribution in [-0.4, -0.2) is 55.2 Å². The molecule has 3 heteroatoms. The Labute approximate surface area is 94.8 Å². The van der Waals surface area contributed by atoms with Gasteiger partial charge in [0, 0.05) is 31.3 Å². The van der Waals surface area contributed by atoms with Gasteiger partial charge in [0.1, 0.15) is 0 Å². The van der Waals surface area contributed by atoms with Crippen LogP contribution in [0.2, 0.25) is 0 Å². The van der Waals surface area contributed by atoms with Crippen molar-refractivity contribution in [2.45, 2.75) is 45.2 Å². The Hall–Kier alpha value is -0.120. The summed E-state index contributed by atoms with van der Waals surface area (Å²) < 4.78 is 0. The second-order valence-corrected chi connectivity index (χ2v) is 5.90. The van der Waals surface area contributed by atoms with Crippen molar-refractivity contribution in [3.63, 3.8) is 0 Å². The Bertz CT molecular complexity index is 176. The van der Waals surface area contributed by atoms with Gasteiger partial charge in [-0.25, -0.2) is 0 Å². The summed E-state index contributed by atoms with van der Waals surface area (Å²) in [5, 5.41) is 3.55. The molecule has 3 nitrogen and oxygen atoms in total. The van der Waals surface area contributed by atoms with Crippen LogP contribution in [0, 0.1) is 0 Å². The van der Waals surface area contributed by atoms with Crippen LogP contribution in [0.3, 0.4) is 0 Å². The lowest BCUT2D eigenvalue weighted by Gasteiger charge is -2.36. The average molecular weight is 213 g/mol. The highest BCUT2D eigenvalue weighted by molar-refractivity contribution is 4.78. The molecule has 0 bridgehead atoms. The molecule has 0 aromatic heterocycles. The quantitative estimate of drug-likeness (QED) is 0.763. The van der Waals surface area contributed by atoms with Crippen molar-refractivity contribution in [3.05, 3.63) is 0 Å². The van der Waals surface area contributed by atoms with Crippen molar-refractivity contribution in [2.75, 3.05) is 33.9 Å². The molecule has 0 spiro atoms. The third-order valence-electron chi connectivity index (χ3n) is 3.12. The molecule has 1 aliphatic heterocycles. The molecular formula is C12H27N3. The summed E-state index contributed by atoms with van der Waals surface area (Å²) in [7, 11) is 4.38. The molecule has 1 rings (SSSR count). The van der Waals surface area contributed by atoms with Gasteiger partial charge in [-0.15, -0.1) is 0 Å². The molecular weight excluding hydrogens is 186 g/mol. The summed E-state index contributed by atoms with van der Waals surface area (Å²) in [5.41, 5.74) is 0.235. The standard InChI is InChI=1S/C12H27N3/c1-12(2,3)13-10-15-8-6-11(7-9-15)14(4)5/h11,13H,6-10H2,1-5H3. The van der Waals surface area contributed by atoms with Crippen LogP contribution in [0.25, 0.3) is 0 Å². The predicted molar refractivity (Wildman–Crippen MR) is 66.0 cm³/mol. The van der Waals surface area contributed by atoms with Crippen molar-refractivity contribution in [1.29, 1.82) is 0 Å². The summed E-state index contributed by atoms with van der Waals surface area (Å²) in [4.78, 5) is 4.87. The number of hydrogen-bond donors (Lipinski definition) is 1. The lowest BCUT2D eigenvalue weighted by molar-refractivity contribution is 0.129. The summed E-state index contributed by atoms with van der Waals surface area (Å²) >= 11 is 0. The third-order valence-corrected chi connectivity index (χ3v) is 3.12. The summed E-state index contributed by atoms with van der Waals surface area (Å²) in [6.45, 7) is 10.2. The van der Waals surface area contributed by atoms with Gasteiger partial charge in [-0.3, -0.25) is 10.2 Å². The van der Waals surface area contributed by atoms with Crippen molar-refractivity contribution < 1.29 is 0 Å². The lowest BCUT2D eigenvalue weighted by atomic mass is 10.0. The van der Waals surface area contributed by atoms with E-state index in [9.17, 15) is 0 Å². The first kappa shape index (κ1) is 12.9. The van der Waals surface area contributed by atoms with Crippen LogP contribution >= 0.6 is 0 Å². The second kappa shape index (κ2) is 5.28. The van der Waals surface area contributed by atoms with Gasteiger partial charge in [-0.1, -0.05) is 0 Å². The van der Waals surface area contributed by atoms with E-state index in [2.05, 4.69) is 50.0 Å². The molecule has 0 radical (unpaired) electrons. The van der Waals surface area contributed by atoms with E-state index in [-0.39, 0.29) is 5.54 Å². The largest absolute Gasteiger partial charge is 0.306 e. The zero-order valence-corrected chi connectivity index (χ0v) is 11.0. The number of hydrogen-bond acceptors (Lipinski definition) is 3. The lowest BCUT2D eigenvalue weighted by Crippen LogP contribution is -2.49. The molecule has 90 valence electrons. The molecule has 0 aliphatic carbocycles. The van der Waals surface area contributed by atoms with Gasteiger partial charge in [0.15, 0.2) is 0 Å². The number of rotatable bonds is 3. The smallest absolute Gasteiger partial charge is 0.0484 e. The molecule has 0 aromatic rings. The van der Waals surface area contributed by atoms with Gasteiger partial charge in [-0.05, 0) is 47.7 Å². The SMILES string of the molecule is CN(C)C1CCN(CNC(C)(C)C)CC1. The highest BCUT2D eigenvalue weighted by Crippen LogP contribution is 2.13. The van der Waals surface area contributed by atoms with Crippen molar-refractivity contribution in [3.8, 4) is 0 Å². The molecule has 1 saturated heterocycles. The van der Waals surface area contributed by atoms with Crippen LogP contribution in [-0.2, 0) is 0 Å². The first-order valence-electron chi connectivity index (χ1n) is 6.02. The minimum atomic E-state index is 0.235. The van der Waals surface area contributed by atoms with E-state index in [4.69, 9.17) is 0 Å². The van der Waals surface area contributed by atoms with Crippen LogP contribution in [0.5, 0.6) is 0 Å². The van der Waals surface area contributed by atoms with Gasteiger partial charge >= 0.3 is 0 Å². The molecule has 1 aliphatic rings. The molecule has 0 aromatic carbocycles. The Kier molecular flexibility index (Phi) is 4.56. The molecule has 0 amide bonds. The maximum atomic E-state index is 3.55. The van der Waals surface area contributed by atoms with E-state index in [1.165, 1.54) is 25.9 Å². The Morgan fingerprint density at radius 3 is 2.13 bits per heavy atom. The third kappa shape index (κ3) is 4.96. The maximum absolute atomic E-state index is 3.55. The molecule has 0 atom stereocenters. The average Bonchev–Trinajstić information content (AvgIpc) is 2.14. The van der Waals surface area contributed by atoms with E-state index in [0.717, 1.165) is 12.7 Å². The fraction of sp³-hybridized carbons (Fsp3) is 1.00. The van der Waals surface area contributed by atoms with E-state index in [1.54, 1.807) is 0 Å². The highest BCUT2D eigenvalue weighted by Gasteiger charge is 2.21. The minimum Gasteiger partial charge on any atom is -0.306 e. The highest BCUT2D eigenvalue weighted by atomic mass is 15.2. The summed E-state index contributed by atoms with van der Waals surface area (Å²) in [5.74, 6) is 0. The normalized spacial score (nSPS) is 21.2. The van der Waals surface area contributed by atoms with Crippen LogP contribution < -0.4 is 5.32 Å². The first-order valence-corrected chi connectivity index (χ1v) is 6.02. The fourth-order valence-corrected chi connectivity index (χ4v) is 1.94. The number of likely N-dealkylation sites (tertiary alicyclic amines) is 1. The minimum absolute atomic E-state index is 0.235.